The number of hydrogen-bond acceptors (Lipinski definition) is 4. The molecule has 5 heteroatoms. The van der Waals surface area contributed by atoms with E-state index in [1.165, 1.54) is 0 Å². The molecule has 2 bridgehead atoms. The topological polar surface area (TPSA) is 59.0 Å². The van der Waals surface area contributed by atoms with E-state index in [2.05, 4.69) is 0 Å². The third-order valence-electron chi connectivity index (χ3n) is 6.03. The van der Waals surface area contributed by atoms with Crippen molar-refractivity contribution in [2.45, 2.75) is 56.4 Å². The summed E-state index contributed by atoms with van der Waals surface area (Å²) in [4.78, 5) is 14.7. The van der Waals surface area contributed by atoms with Crippen molar-refractivity contribution in [3.8, 4) is 5.75 Å². The second-order valence-corrected chi connectivity index (χ2v) is 7.83. The van der Waals surface area contributed by atoms with Crippen LogP contribution in [0.3, 0.4) is 0 Å². The predicted octanol–water partition coefficient (Wildman–Crippen LogP) is 4.24. The number of amides is 1. The highest BCUT2D eigenvalue weighted by atomic mass is 16.6. The number of aliphatic hydroxyl groups is 1. The highest BCUT2D eigenvalue weighted by Gasteiger charge is 2.49. The first-order chi connectivity index (χ1) is 13.6. The molecule has 2 aromatic carbocycles. The first-order valence-electron chi connectivity index (χ1n) is 9.95. The van der Waals surface area contributed by atoms with E-state index < -0.39 is 5.60 Å². The molecule has 2 aromatic rings. The average molecular weight is 381 g/mol. The number of methoxy groups -OCH3 is 1. The van der Waals surface area contributed by atoms with E-state index in [9.17, 15) is 9.90 Å². The number of para-hydroxylation sites is 1. The summed E-state index contributed by atoms with van der Waals surface area (Å²) in [5, 5.41) is 11.5. The second kappa shape index (κ2) is 7.84. The molecule has 2 unspecified atom stereocenters. The molecule has 2 fully saturated rings. The lowest BCUT2D eigenvalue weighted by Gasteiger charge is -2.51. The standard InChI is InChI=1S/C23H27NO4/c1-27-21-13-6-5-12-20(21)23(26)14-18-10-7-11-19(15-23)24(18)22(25)28-16-17-8-3-2-4-9-17/h2-6,8-9,12-13,18-19,26H,7,10-11,14-16H2,1H3. The molecule has 0 radical (unpaired) electrons. The van der Waals surface area contributed by atoms with Gasteiger partial charge in [-0.05, 0) is 30.9 Å². The van der Waals surface area contributed by atoms with E-state index in [1.54, 1.807) is 7.11 Å². The molecule has 0 aromatic heterocycles. The molecule has 148 valence electrons. The van der Waals surface area contributed by atoms with E-state index in [0.29, 0.717) is 18.6 Å². The van der Waals surface area contributed by atoms with Crippen molar-refractivity contribution in [1.29, 1.82) is 0 Å². The molecule has 2 aliphatic heterocycles. The van der Waals surface area contributed by atoms with Crippen LogP contribution in [0.15, 0.2) is 54.6 Å². The molecule has 0 saturated carbocycles. The van der Waals surface area contributed by atoms with E-state index in [-0.39, 0.29) is 24.8 Å². The average Bonchev–Trinajstić information content (AvgIpc) is 2.72. The number of piperidine rings is 2. The van der Waals surface area contributed by atoms with Gasteiger partial charge in [-0.1, -0.05) is 48.5 Å². The van der Waals surface area contributed by atoms with Crippen molar-refractivity contribution in [2.75, 3.05) is 7.11 Å². The molecule has 1 amide bonds. The molecule has 0 spiro atoms. The summed E-state index contributed by atoms with van der Waals surface area (Å²) in [6, 6.07) is 17.3. The SMILES string of the molecule is COc1ccccc1C1(O)CC2CCCC(C1)N2C(=O)OCc1ccccc1. The maximum absolute atomic E-state index is 12.9. The zero-order chi connectivity index (χ0) is 19.6. The Kier molecular flexibility index (Phi) is 5.27. The highest BCUT2D eigenvalue weighted by molar-refractivity contribution is 5.69. The Bertz CT molecular complexity index is 808. The Balaban J connectivity index is 1.51. The fraction of sp³-hybridized carbons (Fsp3) is 0.435. The van der Waals surface area contributed by atoms with Crippen LogP contribution in [0.25, 0.3) is 0 Å². The van der Waals surface area contributed by atoms with Crippen LogP contribution in [-0.4, -0.2) is 35.3 Å². The molecule has 2 heterocycles. The van der Waals surface area contributed by atoms with Gasteiger partial charge in [0, 0.05) is 30.5 Å². The number of rotatable bonds is 4. The summed E-state index contributed by atoms with van der Waals surface area (Å²) in [5.41, 5.74) is 0.800. The van der Waals surface area contributed by atoms with Crippen LogP contribution >= 0.6 is 0 Å². The number of carbonyl (C=O) groups is 1. The lowest BCUT2D eigenvalue weighted by atomic mass is 9.72. The molecule has 2 atom stereocenters. The lowest BCUT2D eigenvalue weighted by Crippen LogP contribution is -2.59. The molecule has 2 aliphatic rings. The van der Waals surface area contributed by atoms with Gasteiger partial charge < -0.3 is 19.5 Å². The number of nitrogens with zero attached hydrogens (tertiary/aromatic N) is 1. The van der Waals surface area contributed by atoms with Gasteiger partial charge in [-0.3, -0.25) is 0 Å². The number of hydrogen-bond donors (Lipinski definition) is 1. The van der Waals surface area contributed by atoms with Gasteiger partial charge in [-0.25, -0.2) is 4.79 Å². The van der Waals surface area contributed by atoms with Gasteiger partial charge in [0.25, 0.3) is 0 Å². The van der Waals surface area contributed by atoms with Crippen LogP contribution in [0.2, 0.25) is 0 Å². The molecular weight excluding hydrogens is 354 g/mol. The van der Waals surface area contributed by atoms with Crippen molar-refractivity contribution in [1.82, 2.24) is 4.90 Å². The van der Waals surface area contributed by atoms with E-state index in [1.807, 2.05) is 59.5 Å². The van der Waals surface area contributed by atoms with Gasteiger partial charge in [0.2, 0.25) is 0 Å². The van der Waals surface area contributed by atoms with Crippen molar-refractivity contribution in [3.63, 3.8) is 0 Å². The van der Waals surface area contributed by atoms with Crippen molar-refractivity contribution < 1.29 is 19.4 Å². The van der Waals surface area contributed by atoms with Gasteiger partial charge in [0.1, 0.15) is 12.4 Å². The van der Waals surface area contributed by atoms with Crippen LogP contribution in [-0.2, 0) is 16.9 Å². The minimum atomic E-state index is -0.988. The lowest BCUT2D eigenvalue weighted by molar-refractivity contribution is -0.0904. The third kappa shape index (κ3) is 3.59. The monoisotopic (exact) mass is 381 g/mol. The molecule has 2 saturated heterocycles. The number of ether oxygens (including phenoxy) is 2. The fourth-order valence-electron chi connectivity index (χ4n) is 4.77. The summed E-state index contributed by atoms with van der Waals surface area (Å²) < 4.78 is 11.1. The summed E-state index contributed by atoms with van der Waals surface area (Å²) in [7, 11) is 1.62. The summed E-state index contributed by atoms with van der Waals surface area (Å²) in [5.74, 6) is 0.697. The number of benzene rings is 2. The first kappa shape index (κ1) is 18.8. The molecule has 28 heavy (non-hydrogen) atoms. The van der Waals surface area contributed by atoms with Crippen molar-refractivity contribution in [3.05, 3.63) is 65.7 Å². The van der Waals surface area contributed by atoms with Crippen LogP contribution in [0.4, 0.5) is 4.79 Å². The first-order valence-corrected chi connectivity index (χ1v) is 9.95. The Labute approximate surface area is 165 Å². The Morgan fingerprint density at radius 1 is 1.07 bits per heavy atom. The zero-order valence-electron chi connectivity index (χ0n) is 16.2. The maximum atomic E-state index is 12.9. The van der Waals surface area contributed by atoms with Crippen LogP contribution < -0.4 is 4.74 Å². The maximum Gasteiger partial charge on any atom is 0.410 e. The fourth-order valence-corrected chi connectivity index (χ4v) is 4.77. The van der Waals surface area contributed by atoms with Crippen LogP contribution in [0.1, 0.15) is 43.2 Å². The van der Waals surface area contributed by atoms with Gasteiger partial charge in [-0.15, -0.1) is 0 Å². The quantitative estimate of drug-likeness (QED) is 0.861. The molecule has 4 rings (SSSR count). The summed E-state index contributed by atoms with van der Waals surface area (Å²) >= 11 is 0. The second-order valence-electron chi connectivity index (χ2n) is 7.83. The predicted molar refractivity (Wildman–Crippen MR) is 106 cm³/mol. The molecule has 1 N–H and O–H groups in total. The van der Waals surface area contributed by atoms with E-state index in [0.717, 1.165) is 30.4 Å². The molecular formula is C23H27NO4. The summed E-state index contributed by atoms with van der Waals surface area (Å²) in [6.07, 6.45) is 3.57. The Morgan fingerprint density at radius 3 is 2.39 bits per heavy atom. The minimum absolute atomic E-state index is 0.0225. The Hall–Kier alpha value is -2.53. The zero-order valence-corrected chi connectivity index (χ0v) is 16.2. The Morgan fingerprint density at radius 2 is 1.71 bits per heavy atom. The largest absolute Gasteiger partial charge is 0.496 e. The third-order valence-corrected chi connectivity index (χ3v) is 6.03. The summed E-state index contributed by atoms with van der Waals surface area (Å²) in [6.45, 7) is 0.270. The van der Waals surface area contributed by atoms with Gasteiger partial charge >= 0.3 is 6.09 Å². The van der Waals surface area contributed by atoms with Crippen molar-refractivity contribution >= 4 is 6.09 Å². The molecule has 5 nitrogen and oxygen atoms in total. The minimum Gasteiger partial charge on any atom is -0.496 e. The van der Waals surface area contributed by atoms with Gasteiger partial charge in [0.05, 0.1) is 12.7 Å². The van der Waals surface area contributed by atoms with Crippen molar-refractivity contribution in [2.24, 2.45) is 0 Å². The van der Waals surface area contributed by atoms with Crippen LogP contribution in [0.5, 0.6) is 5.75 Å². The van der Waals surface area contributed by atoms with Gasteiger partial charge in [-0.2, -0.15) is 0 Å². The number of carbonyl (C=O) groups excluding carboxylic acids is 1. The van der Waals surface area contributed by atoms with Crippen LogP contribution in [0, 0.1) is 0 Å². The number of fused-ring (bicyclic) bond motifs is 2. The van der Waals surface area contributed by atoms with E-state index >= 15 is 0 Å². The van der Waals surface area contributed by atoms with Gasteiger partial charge in [0.15, 0.2) is 0 Å². The van der Waals surface area contributed by atoms with E-state index in [4.69, 9.17) is 9.47 Å². The highest BCUT2D eigenvalue weighted by Crippen LogP contribution is 2.46. The normalized spacial score (nSPS) is 26.6. The smallest absolute Gasteiger partial charge is 0.410 e. The molecule has 0 aliphatic carbocycles.